The minimum atomic E-state index is -0.309. The van der Waals surface area contributed by atoms with Crippen LogP contribution in [0.3, 0.4) is 0 Å². The fourth-order valence-corrected chi connectivity index (χ4v) is 3.94. The molecule has 0 bridgehead atoms. The van der Waals surface area contributed by atoms with E-state index in [2.05, 4.69) is 20.5 Å². The Kier molecular flexibility index (Phi) is 5.59. The van der Waals surface area contributed by atoms with E-state index in [1.54, 1.807) is 46.0 Å². The highest BCUT2D eigenvalue weighted by Gasteiger charge is 2.16. The molecule has 5 aromatic rings. The van der Waals surface area contributed by atoms with Crippen LogP contribution in [0.1, 0.15) is 11.3 Å². The van der Waals surface area contributed by atoms with Crippen molar-refractivity contribution in [2.75, 3.05) is 5.32 Å². The van der Waals surface area contributed by atoms with Gasteiger partial charge in [-0.1, -0.05) is 24.3 Å². The number of carbonyl (C=O) groups is 1. The van der Waals surface area contributed by atoms with Crippen molar-refractivity contribution < 1.29 is 13.6 Å². The molecule has 5 rings (SSSR count). The normalized spacial score (nSPS) is 11.1. The molecule has 3 heterocycles. The summed E-state index contributed by atoms with van der Waals surface area (Å²) in [4.78, 5) is 17.1. The maximum absolute atomic E-state index is 13.4. The molecular formula is C25H20F2N6O. The molecule has 1 N–H and O–H groups in total. The van der Waals surface area contributed by atoms with E-state index < -0.39 is 0 Å². The van der Waals surface area contributed by atoms with Crippen LogP contribution in [0.2, 0.25) is 0 Å². The van der Waals surface area contributed by atoms with Crippen LogP contribution in [0.5, 0.6) is 0 Å². The van der Waals surface area contributed by atoms with E-state index in [0.29, 0.717) is 17.9 Å². The number of aryl methyl sites for hydroxylation is 1. The van der Waals surface area contributed by atoms with Gasteiger partial charge in [0.1, 0.15) is 18.2 Å². The van der Waals surface area contributed by atoms with Gasteiger partial charge in [-0.25, -0.2) is 18.4 Å². The molecule has 170 valence electrons. The van der Waals surface area contributed by atoms with E-state index in [0.717, 1.165) is 27.8 Å². The Morgan fingerprint density at radius 3 is 2.68 bits per heavy atom. The minimum absolute atomic E-state index is 0.0424. The third-order valence-corrected chi connectivity index (χ3v) is 5.41. The lowest BCUT2D eigenvalue weighted by Crippen LogP contribution is -2.19. The zero-order valence-corrected chi connectivity index (χ0v) is 18.2. The number of carbonyl (C=O) groups excluding carboxylic acids is 1. The van der Waals surface area contributed by atoms with E-state index >= 15 is 0 Å². The van der Waals surface area contributed by atoms with Gasteiger partial charge in [0.05, 0.1) is 24.1 Å². The molecule has 0 spiro atoms. The summed E-state index contributed by atoms with van der Waals surface area (Å²) < 4.78 is 29.9. The topological polar surface area (TPSA) is 77.6 Å². The number of rotatable bonds is 6. The molecule has 2 aromatic carbocycles. The predicted octanol–water partition coefficient (Wildman–Crippen LogP) is 4.57. The van der Waals surface area contributed by atoms with Crippen LogP contribution in [-0.4, -0.2) is 30.5 Å². The summed E-state index contributed by atoms with van der Waals surface area (Å²) >= 11 is 0. The van der Waals surface area contributed by atoms with E-state index in [4.69, 9.17) is 0 Å². The molecule has 0 unspecified atom stereocenters. The first-order valence-corrected chi connectivity index (χ1v) is 10.6. The molecular weight excluding hydrogens is 438 g/mol. The molecule has 7 nitrogen and oxygen atoms in total. The molecule has 0 radical (unpaired) electrons. The highest BCUT2D eigenvalue weighted by molar-refractivity contribution is 5.96. The number of aromatic nitrogens is 5. The molecule has 0 saturated heterocycles. The van der Waals surface area contributed by atoms with Crippen molar-refractivity contribution in [1.29, 1.82) is 0 Å². The van der Waals surface area contributed by atoms with Crippen LogP contribution in [0.15, 0.2) is 73.2 Å². The molecule has 0 saturated carbocycles. The van der Waals surface area contributed by atoms with E-state index in [9.17, 15) is 13.6 Å². The smallest absolute Gasteiger partial charge is 0.246 e. The summed E-state index contributed by atoms with van der Waals surface area (Å²) in [6.45, 7) is 2.19. The number of halogens is 2. The van der Waals surface area contributed by atoms with Crippen LogP contribution >= 0.6 is 0 Å². The average molecular weight is 458 g/mol. The van der Waals surface area contributed by atoms with Gasteiger partial charge in [-0.05, 0) is 53.9 Å². The minimum Gasteiger partial charge on any atom is -0.322 e. The van der Waals surface area contributed by atoms with Crippen LogP contribution in [-0.2, 0) is 17.9 Å². The lowest BCUT2D eigenvalue weighted by Gasteiger charge is -2.06. The molecule has 0 aliphatic carbocycles. The van der Waals surface area contributed by atoms with Crippen LogP contribution in [0, 0.1) is 18.6 Å². The third kappa shape index (κ3) is 4.40. The molecule has 9 heteroatoms. The Morgan fingerprint density at radius 2 is 1.88 bits per heavy atom. The first-order chi connectivity index (χ1) is 16.5. The van der Waals surface area contributed by atoms with Crippen LogP contribution in [0.25, 0.3) is 22.2 Å². The first kappa shape index (κ1) is 21.4. The standard InChI is InChI=1S/C25H20F2N6O/c1-16-24-22(18-5-7-19(26)8-6-18)9-10-28-25(24)33(31-16)15-23(34)30-21-12-29-32(14-21)13-17-3-2-4-20(27)11-17/h2-12,14H,13,15H2,1H3,(H,30,34). The Balaban J connectivity index is 1.33. The largest absolute Gasteiger partial charge is 0.322 e. The highest BCUT2D eigenvalue weighted by Crippen LogP contribution is 2.30. The number of benzene rings is 2. The van der Waals surface area contributed by atoms with Crippen molar-refractivity contribution >= 4 is 22.6 Å². The van der Waals surface area contributed by atoms with Gasteiger partial charge >= 0.3 is 0 Å². The van der Waals surface area contributed by atoms with Crippen molar-refractivity contribution in [1.82, 2.24) is 24.5 Å². The second-order valence-electron chi connectivity index (χ2n) is 7.91. The van der Waals surface area contributed by atoms with Gasteiger partial charge < -0.3 is 5.32 Å². The molecule has 34 heavy (non-hydrogen) atoms. The fourth-order valence-electron chi connectivity index (χ4n) is 3.94. The van der Waals surface area contributed by atoms with Gasteiger partial charge in [0.25, 0.3) is 0 Å². The monoisotopic (exact) mass is 458 g/mol. The number of hydrogen-bond donors (Lipinski definition) is 1. The van der Waals surface area contributed by atoms with Gasteiger partial charge in [0.15, 0.2) is 5.65 Å². The molecule has 0 fully saturated rings. The van der Waals surface area contributed by atoms with Gasteiger partial charge in [-0.2, -0.15) is 10.2 Å². The zero-order valence-electron chi connectivity index (χ0n) is 18.2. The molecule has 1 amide bonds. The number of pyridine rings is 1. The number of fused-ring (bicyclic) bond motifs is 1. The van der Waals surface area contributed by atoms with E-state index in [-0.39, 0.29) is 24.1 Å². The van der Waals surface area contributed by atoms with Crippen molar-refractivity contribution in [3.8, 4) is 11.1 Å². The molecule has 0 aliphatic heterocycles. The highest BCUT2D eigenvalue weighted by atomic mass is 19.1. The molecule has 0 atom stereocenters. The zero-order chi connectivity index (χ0) is 23.7. The quantitative estimate of drug-likeness (QED) is 0.404. The molecule has 3 aromatic heterocycles. The predicted molar refractivity (Wildman–Crippen MR) is 124 cm³/mol. The number of anilines is 1. The fraction of sp³-hybridized carbons (Fsp3) is 0.120. The first-order valence-electron chi connectivity index (χ1n) is 10.6. The Bertz CT molecular complexity index is 1490. The maximum Gasteiger partial charge on any atom is 0.246 e. The number of nitrogens with zero attached hydrogens (tertiary/aromatic N) is 5. The summed E-state index contributed by atoms with van der Waals surface area (Å²) in [5, 5.41) is 12.3. The summed E-state index contributed by atoms with van der Waals surface area (Å²) in [6.07, 6.45) is 4.86. The summed E-state index contributed by atoms with van der Waals surface area (Å²) in [6, 6.07) is 14.3. The van der Waals surface area contributed by atoms with Gasteiger partial charge in [-0.15, -0.1) is 0 Å². The Morgan fingerprint density at radius 1 is 1.06 bits per heavy atom. The van der Waals surface area contributed by atoms with Crippen molar-refractivity contribution in [3.63, 3.8) is 0 Å². The second kappa shape index (κ2) is 8.86. The van der Waals surface area contributed by atoms with Gasteiger partial charge in [-0.3, -0.25) is 9.48 Å². The van der Waals surface area contributed by atoms with Crippen LogP contribution in [0.4, 0.5) is 14.5 Å². The average Bonchev–Trinajstić information content (AvgIpc) is 3.38. The second-order valence-corrected chi connectivity index (χ2v) is 7.91. The van der Waals surface area contributed by atoms with Crippen molar-refractivity contribution in [2.24, 2.45) is 0 Å². The van der Waals surface area contributed by atoms with E-state index in [1.165, 1.54) is 30.5 Å². The van der Waals surface area contributed by atoms with E-state index in [1.807, 2.05) is 13.0 Å². The number of amides is 1. The maximum atomic E-state index is 13.4. The summed E-state index contributed by atoms with van der Waals surface area (Å²) in [5.74, 6) is -0.905. The lowest BCUT2D eigenvalue weighted by molar-refractivity contribution is -0.116. The van der Waals surface area contributed by atoms with Crippen LogP contribution < -0.4 is 5.32 Å². The third-order valence-electron chi connectivity index (χ3n) is 5.41. The number of nitrogens with one attached hydrogen (secondary N) is 1. The summed E-state index contributed by atoms with van der Waals surface area (Å²) in [5.41, 5.74) is 4.28. The van der Waals surface area contributed by atoms with Gasteiger partial charge in [0, 0.05) is 17.8 Å². The van der Waals surface area contributed by atoms with Gasteiger partial charge in [0.2, 0.25) is 5.91 Å². The lowest BCUT2D eigenvalue weighted by atomic mass is 10.0. The van der Waals surface area contributed by atoms with Crippen molar-refractivity contribution in [2.45, 2.75) is 20.0 Å². The van der Waals surface area contributed by atoms with Crippen molar-refractivity contribution in [3.05, 3.63) is 96.1 Å². The Hall–Kier alpha value is -4.40. The molecule has 0 aliphatic rings. The summed E-state index contributed by atoms with van der Waals surface area (Å²) in [7, 11) is 0. The number of hydrogen-bond acceptors (Lipinski definition) is 4. The SMILES string of the molecule is Cc1nn(CC(=O)Nc2cnn(Cc3cccc(F)c3)c2)c2nccc(-c3ccc(F)cc3)c12. The Labute approximate surface area is 193 Å².